The molecule has 1 fully saturated rings. The number of ether oxygens (including phenoxy) is 1. The van der Waals surface area contributed by atoms with Gasteiger partial charge in [0.05, 0.1) is 25.0 Å². The van der Waals surface area contributed by atoms with E-state index >= 15 is 0 Å². The quantitative estimate of drug-likeness (QED) is 0.502. The molecule has 7 heteroatoms. The maximum absolute atomic E-state index is 10.7. The Kier molecular flexibility index (Phi) is 4.60. The van der Waals surface area contributed by atoms with Gasteiger partial charge in [0.15, 0.2) is 5.11 Å². The normalized spacial score (nSPS) is 21.6. The molecule has 1 saturated heterocycles. The summed E-state index contributed by atoms with van der Waals surface area (Å²) in [6, 6.07) is 15.7. The van der Waals surface area contributed by atoms with Crippen LogP contribution >= 0.6 is 12.2 Å². The van der Waals surface area contributed by atoms with E-state index in [4.69, 9.17) is 21.4 Å². The molecular formula is C21H20N2O4S. The molecular weight excluding hydrogens is 376 g/mol. The summed E-state index contributed by atoms with van der Waals surface area (Å²) >= 11 is 5.50. The van der Waals surface area contributed by atoms with Crippen molar-refractivity contribution in [2.24, 2.45) is 0 Å². The average Bonchev–Trinajstić information content (AvgIpc) is 3.22. The van der Waals surface area contributed by atoms with Gasteiger partial charge in [-0.05, 0) is 54.2 Å². The molecule has 6 nitrogen and oxygen atoms in total. The van der Waals surface area contributed by atoms with Crippen molar-refractivity contribution in [2.45, 2.75) is 18.0 Å². The third kappa shape index (κ3) is 3.14. The van der Waals surface area contributed by atoms with Crippen molar-refractivity contribution in [1.82, 2.24) is 10.6 Å². The molecule has 0 bridgehead atoms. The lowest BCUT2D eigenvalue weighted by Gasteiger charge is -2.44. The third-order valence-electron chi connectivity index (χ3n) is 5.05. The first-order valence-electron chi connectivity index (χ1n) is 8.81. The zero-order chi connectivity index (χ0) is 19.7. The van der Waals surface area contributed by atoms with Gasteiger partial charge in [-0.15, -0.1) is 0 Å². The Morgan fingerprint density at radius 3 is 2.57 bits per heavy atom. The minimum absolute atomic E-state index is 0.00905. The van der Waals surface area contributed by atoms with Crippen molar-refractivity contribution >= 4 is 17.3 Å². The maximum atomic E-state index is 10.7. The van der Waals surface area contributed by atoms with Crippen LogP contribution < -0.4 is 15.4 Å². The van der Waals surface area contributed by atoms with Crippen molar-refractivity contribution in [3.63, 3.8) is 0 Å². The highest BCUT2D eigenvalue weighted by atomic mass is 32.1. The Morgan fingerprint density at radius 1 is 1.14 bits per heavy atom. The summed E-state index contributed by atoms with van der Waals surface area (Å²) < 4.78 is 10.9. The van der Waals surface area contributed by atoms with Crippen LogP contribution in [-0.4, -0.2) is 22.4 Å². The molecule has 3 aromatic rings. The molecule has 144 valence electrons. The highest BCUT2D eigenvalue weighted by Gasteiger charge is 2.44. The summed E-state index contributed by atoms with van der Waals surface area (Å²) in [5.41, 5.74) is 0.676. The van der Waals surface area contributed by atoms with Crippen LogP contribution in [0.1, 0.15) is 29.3 Å². The molecule has 4 rings (SSSR count). The van der Waals surface area contributed by atoms with Crippen molar-refractivity contribution in [3.05, 3.63) is 77.7 Å². The zero-order valence-corrected chi connectivity index (χ0v) is 16.0. The second-order valence-corrected chi connectivity index (χ2v) is 7.11. The van der Waals surface area contributed by atoms with Crippen LogP contribution in [0.3, 0.4) is 0 Å². The van der Waals surface area contributed by atoms with Gasteiger partial charge in [0.25, 0.3) is 0 Å². The second-order valence-electron chi connectivity index (χ2n) is 6.71. The Labute approximate surface area is 167 Å². The smallest absolute Gasteiger partial charge is 0.167 e. The van der Waals surface area contributed by atoms with Crippen LogP contribution in [0.25, 0.3) is 0 Å². The molecule has 2 heterocycles. The number of furan rings is 1. The minimum atomic E-state index is -0.830. The largest absolute Gasteiger partial charge is 0.508 e. The summed E-state index contributed by atoms with van der Waals surface area (Å²) in [4.78, 5) is 0. The molecule has 0 aliphatic carbocycles. The van der Waals surface area contributed by atoms with E-state index in [2.05, 4.69) is 10.6 Å². The van der Waals surface area contributed by atoms with E-state index in [1.807, 2.05) is 36.4 Å². The van der Waals surface area contributed by atoms with Gasteiger partial charge in [0.2, 0.25) is 0 Å². The van der Waals surface area contributed by atoms with E-state index in [0.29, 0.717) is 17.1 Å². The van der Waals surface area contributed by atoms with Crippen LogP contribution in [0.15, 0.2) is 65.3 Å². The second kappa shape index (κ2) is 7.09. The zero-order valence-electron chi connectivity index (χ0n) is 15.2. The fraction of sp³-hybridized carbons (Fsp3) is 0.190. The van der Waals surface area contributed by atoms with Crippen LogP contribution in [0.4, 0.5) is 0 Å². The summed E-state index contributed by atoms with van der Waals surface area (Å²) in [5.74, 6) is 1.45. The molecule has 2 atom stereocenters. The number of thiocarbonyl (C=S) groups is 1. The third-order valence-corrected chi connectivity index (χ3v) is 5.27. The van der Waals surface area contributed by atoms with Gasteiger partial charge < -0.3 is 30.0 Å². The molecule has 2 unspecified atom stereocenters. The SMILES string of the molecule is COc1ccc(C2(c3ccc(O)cc3O)CC(c3ccco3)NC(=S)N2)cc1. The van der Waals surface area contributed by atoms with Crippen LogP contribution in [-0.2, 0) is 5.54 Å². The van der Waals surface area contributed by atoms with Gasteiger partial charge in [-0.1, -0.05) is 12.1 Å². The monoisotopic (exact) mass is 396 g/mol. The lowest BCUT2D eigenvalue weighted by molar-refractivity contribution is 0.302. The highest BCUT2D eigenvalue weighted by Crippen LogP contribution is 2.44. The number of methoxy groups -OCH3 is 1. The van der Waals surface area contributed by atoms with Crippen molar-refractivity contribution in [1.29, 1.82) is 0 Å². The number of benzene rings is 2. The van der Waals surface area contributed by atoms with Gasteiger partial charge in [0, 0.05) is 18.1 Å². The van der Waals surface area contributed by atoms with Crippen molar-refractivity contribution < 1.29 is 19.4 Å². The molecule has 1 aliphatic heterocycles. The summed E-state index contributed by atoms with van der Waals surface area (Å²) in [6.07, 6.45) is 2.14. The molecule has 0 spiro atoms. The summed E-state index contributed by atoms with van der Waals surface area (Å²) in [5, 5.41) is 27.5. The number of nitrogens with one attached hydrogen (secondary N) is 2. The Hall–Kier alpha value is -3.19. The standard InChI is InChI=1S/C21H20N2O4S/c1-26-15-7-4-13(5-8-15)21(16-9-6-14(24)11-18(16)25)12-17(22-20(28)23-21)19-3-2-10-27-19/h2-11,17,24-25H,12H2,1H3,(H2,22,23,28). The van der Waals surface area contributed by atoms with E-state index in [1.165, 1.54) is 6.07 Å². The van der Waals surface area contributed by atoms with Crippen LogP contribution in [0.2, 0.25) is 0 Å². The van der Waals surface area contributed by atoms with E-state index < -0.39 is 5.54 Å². The van der Waals surface area contributed by atoms with Gasteiger partial charge in [-0.2, -0.15) is 0 Å². The first kappa shape index (κ1) is 18.2. The fourth-order valence-corrected chi connectivity index (χ4v) is 4.05. The van der Waals surface area contributed by atoms with Gasteiger partial charge in [-0.25, -0.2) is 0 Å². The molecule has 4 N–H and O–H groups in total. The van der Waals surface area contributed by atoms with Gasteiger partial charge in [-0.3, -0.25) is 0 Å². The van der Waals surface area contributed by atoms with Crippen LogP contribution in [0, 0.1) is 0 Å². The molecule has 1 aromatic heterocycles. The van der Waals surface area contributed by atoms with Crippen molar-refractivity contribution in [3.8, 4) is 17.2 Å². The Balaban J connectivity index is 1.88. The first-order valence-corrected chi connectivity index (χ1v) is 9.22. The number of hydrogen-bond donors (Lipinski definition) is 4. The fourth-order valence-electron chi connectivity index (χ4n) is 3.74. The summed E-state index contributed by atoms with van der Waals surface area (Å²) in [7, 11) is 1.61. The molecule has 28 heavy (non-hydrogen) atoms. The lowest BCUT2D eigenvalue weighted by Crippen LogP contribution is -2.57. The average molecular weight is 396 g/mol. The van der Waals surface area contributed by atoms with Crippen molar-refractivity contribution in [2.75, 3.05) is 7.11 Å². The Morgan fingerprint density at radius 2 is 1.93 bits per heavy atom. The number of hydrogen-bond acceptors (Lipinski definition) is 5. The topological polar surface area (TPSA) is 86.9 Å². The van der Waals surface area contributed by atoms with Gasteiger partial charge >= 0.3 is 0 Å². The number of phenolic OH excluding ortho intramolecular Hbond substituents is 2. The predicted molar refractivity (Wildman–Crippen MR) is 108 cm³/mol. The number of phenols is 2. The first-order chi connectivity index (χ1) is 13.5. The minimum Gasteiger partial charge on any atom is -0.508 e. The van der Waals surface area contributed by atoms with Gasteiger partial charge in [0.1, 0.15) is 23.0 Å². The number of rotatable bonds is 4. The predicted octanol–water partition coefficient (Wildman–Crippen LogP) is 3.55. The van der Waals surface area contributed by atoms with E-state index in [0.717, 1.165) is 17.1 Å². The van der Waals surface area contributed by atoms with E-state index in [1.54, 1.807) is 25.5 Å². The van der Waals surface area contributed by atoms with E-state index in [-0.39, 0.29) is 17.5 Å². The van der Waals surface area contributed by atoms with Crippen LogP contribution in [0.5, 0.6) is 17.2 Å². The summed E-state index contributed by atoms with van der Waals surface area (Å²) in [6.45, 7) is 0. The number of aromatic hydroxyl groups is 2. The highest BCUT2D eigenvalue weighted by molar-refractivity contribution is 7.80. The lowest BCUT2D eigenvalue weighted by atomic mass is 9.76. The molecule has 1 aliphatic rings. The molecule has 0 radical (unpaired) electrons. The molecule has 0 amide bonds. The van der Waals surface area contributed by atoms with E-state index in [9.17, 15) is 10.2 Å². The Bertz CT molecular complexity index is 988. The molecule has 2 aromatic carbocycles. The maximum Gasteiger partial charge on any atom is 0.167 e. The molecule has 0 saturated carbocycles.